The van der Waals surface area contributed by atoms with Gasteiger partial charge in [-0.15, -0.1) is 0 Å². The van der Waals surface area contributed by atoms with Crippen LogP contribution in [-0.4, -0.2) is 56.5 Å². The Balaban J connectivity index is 2.22. The number of nitrogens with one attached hydrogen (secondary N) is 2. The van der Waals surface area contributed by atoms with Crippen molar-refractivity contribution < 1.29 is 23.9 Å². The zero-order chi connectivity index (χ0) is 20.0. The van der Waals surface area contributed by atoms with Gasteiger partial charge in [-0.25, -0.2) is 0 Å². The molecule has 8 heteroatoms. The maximum atomic E-state index is 12.7. The Morgan fingerprint density at radius 2 is 1.81 bits per heavy atom. The molecular formula is C19H27N3O5. The number of nitrogens with zero attached hydrogens (tertiary/aromatic N) is 1. The summed E-state index contributed by atoms with van der Waals surface area (Å²) < 4.78 is 10.6. The van der Waals surface area contributed by atoms with Crippen LogP contribution in [0.1, 0.15) is 31.9 Å². The molecule has 1 fully saturated rings. The van der Waals surface area contributed by atoms with Crippen LogP contribution < -0.4 is 20.1 Å². The van der Waals surface area contributed by atoms with E-state index in [-0.39, 0.29) is 30.2 Å². The molecule has 1 heterocycles. The summed E-state index contributed by atoms with van der Waals surface area (Å²) in [6.45, 7) is 4.48. The summed E-state index contributed by atoms with van der Waals surface area (Å²) in [7, 11) is 3.10. The van der Waals surface area contributed by atoms with Crippen LogP contribution in [-0.2, 0) is 14.4 Å². The largest absolute Gasteiger partial charge is 0.493 e. The molecule has 0 unspecified atom stereocenters. The third-order valence-corrected chi connectivity index (χ3v) is 4.66. The second kappa shape index (κ2) is 9.25. The highest BCUT2D eigenvalue weighted by atomic mass is 16.5. The molecule has 2 rings (SSSR count). The summed E-state index contributed by atoms with van der Waals surface area (Å²) in [6, 6.07) is 5.06. The van der Waals surface area contributed by atoms with E-state index in [9.17, 15) is 14.4 Å². The van der Waals surface area contributed by atoms with Gasteiger partial charge in [-0.2, -0.15) is 0 Å². The molecule has 0 radical (unpaired) electrons. The van der Waals surface area contributed by atoms with Crippen molar-refractivity contribution in [2.75, 3.05) is 33.9 Å². The summed E-state index contributed by atoms with van der Waals surface area (Å²) >= 11 is 0. The molecule has 2 atom stereocenters. The Bertz CT molecular complexity index is 707. The standard InChI is InChI=1S/C19H27N3O5/c1-5-22-17(24)11-14(19(25)21-9-8-20-12(2)23)18(22)13-6-7-15(26-3)16(10-13)27-4/h6-7,10,14,18H,5,8-9,11H2,1-4H3,(H,20,23)(H,21,25)/t14-,18+/m1/s1. The van der Waals surface area contributed by atoms with Gasteiger partial charge in [0.15, 0.2) is 11.5 Å². The van der Waals surface area contributed by atoms with Crippen molar-refractivity contribution in [3.63, 3.8) is 0 Å². The molecule has 0 aliphatic carbocycles. The predicted octanol–water partition coefficient (Wildman–Crippen LogP) is 0.866. The fourth-order valence-electron chi connectivity index (χ4n) is 3.40. The van der Waals surface area contributed by atoms with Crippen LogP contribution in [0.25, 0.3) is 0 Å². The summed E-state index contributed by atoms with van der Waals surface area (Å²) in [5.41, 5.74) is 0.822. The predicted molar refractivity (Wildman–Crippen MR) is 99.5 cm³/mol. The molecule has 27 heavy (non-hydrogen) atoms. The van der Waals surface area contributed by atoms with E-state index in [1.807, 2.05) is 19.1 Å². The quantitative estimate of drug-likeness (QED) is 0.655. The van der Waals surface area contributed by atoms with Gasteiger partial charge in [0.25, 0.3) is 0 Å². The SMILES string of the molecule is CCN1C(=O)C[C@@H](C(=O)NCCNC(C)=O)[C@@H]1c1ccc(OC)c(OC)c1. The lowest BCUT2D eigenvalue weighted by Gasteiger charge is -2.27. The van der Waals surface area contributed by atoms with Crippen molar-refractivity contribution in [3.8, 4) is 11.5 Å². The number of carbonyl (C=O) groups is 3. The molecule has 1 aromatic carbocycles. The Morgan fingerprint density at radius 1 is 1.15 bits per heavy atom. The van der Waals surface area contributed by atoms with Crippen LogP contribution in [0.3, 0.4) is 0 Å². The van der Waals surface area contributed by atoms with Crippen molar-refractivity contribution >= 4 is 17.7 Å². The molecule has 148 valence electrons. The minimum atomic E-state index is -0.507. The van der Waals surface area contributed by atoms with Crippen molar-refractivity contribution in [1.29, 1.82) is 0 Å². The first-order valence-corrected chi connectivity index (χ1v) is 8.96. The van der Waals surface area contributed by atoms with E-state index in [4.69, 9.17) is 9.47 Å². The Morgan fingerprint density at radius 3 is 2.41 bits per heavy atom. The Labute approximate surface area is 159 Å². The zero-order valence-corrected chi connectivity index (χ0v) is 16.2. The van der Waals surface area contributed by atoms with Crippen LogP contribution in [0.15, 0.2) is 18.2 Å². The van der Waals surface area contributed by atoms with Gasteiger partial charge in [-0.05, 0) is 24.6 Å². The average Bonchev–Trinajstić information content (AvgIpc) is 3.00. The van der Waals surface area contributed by atoms with Crippen LogP contribution in [0.5, 0.6) is 11.5 Å². The first-order chi connectivity index (χ1) is 12.9. The minimum Gasteiger partial charge on any atom is -0.493 e. The average molecular weight is 377 g/mol. The van der Waals surface area contributed by atoms with Crippen LogP contribution in [0.4, 0.5) is 0 Å². The molecule has 1 aromatic rings. The third kappa shape index (κ3) is 4.69. The maximum Gasteiger partial charge on any atom is 0.226 e. The summed E-state index contributed by atoms with van der Waals surface area (Å²) in [4.78, 5) is 37.8. The highest BCUT2D eigenvalue weighted by molar-refractivity contribution is 5.90. The number of amides is 3. The molecule has 2 N–H and O–H groups in total. The zero-order valence-electron chi connectivity index (χ0n) is 16.2. The third-order valence-electron chi connectivity index (χ3n) is 4.66. The topological polar surface area (TPSA) is 97.0 Å². The fraction of sp³-hybridized carbons (Fsp3) is 0.526. The molecule has 1 aliphatic heterocycles. The number of hydrogen-bond donors (Lipinski definition) is 2. The van der Waals surface area contributed by atoms with E-state index in [1.54, 1.807) is 25.2 Å². The smallest absolute Gasteiger partial charge is 0.226 e. The lowest BCUT2D eigenvalue weighted by molar-refractivity contribution is -0.129. The van der Waals surface area contributed by atoms with Gasteiger partial charge < -0.3 is 25.0 Å². The number of ether oxygens (including phenoxy) is 2. The minimum absolute atomic E-state index is 0.0562. The molecule has 0 bridgehead atoms. The number of methoxy groups -OCH3 is 2. The molecule has 0 aromatic heterocycles. The van der Waals surface area contributed by atoms with Gasteiger partial charge in [0.2, 0.25) is 17.7 Å². The van der Waals surface area contributed by atoms with E-state index >= 15 is 0 Å². The molecule has 3 amide bonds. The fourth-order valence-corrected chi connectivity index (χ4v) is 3.40. The van der Waals surface area contributed by atoms with E-state index in [2.05, 4.69) is 10.6 Å². The van der Waals surface area contributed by atoms with E-state index < -0.39 is 5.92 Å². The number of rotatable bonds is 8. The van der Waals surface area contributed by atoms with Gasteiger partial charge in [0.1, 0.15) is 0 Å². The van der Waals surface area contributed by atoms with Gasteiger partial charge in [-0.1, -0.05) is 6.07 Å². The summed E-state index contributed by atoms with van der Waals surface area (Å²) in [6.07, 6.45) is 0.152. The molecular weight excluding hydrogens is 350 g/mol. The lowest BCUT2D eigenvalue weighted by atomic mass is 9.92. The highest BCUT2D eigenvalue weighted by Gasteiger charge is 2.43. The number of hydrogen-bond acceptors (Lipinski definition) is 5. The maximum absolute atomic E-state index is 12.7. The first-order valence-electron chi connectivity index (χ1n) is 8.96. The van der Waals surface area contributed by atoms with Gasteiger partial charge in [-0.3, -0.25) is 14.4 Å². The van der Waals surface area contributed by atoms with E-state index in [0.29, 0.717) is 31.1 Å². The van der Waals surface area contributed by atoms with Crippen molar-refractivity contribution in [1.82, 2.24) is 15.5 Å². The van der Waals surface area contributed by atoms with Crippen LogP contribution >= 0.6 is 0 Å². The summed E-state index contributed by atoms with van der Waals surface area (Å²) in [5, 5.41) is 5.44. The van der Waals surface area contributed by atoms with Crippen LogP contribution in [0, 0.1) is 5.92 Å². The lowest BCUT2D eigenvalue weighted by Crippen LogP contribution is -2.39. The van der Waals surface area contributed by atoms with Crippen LogP contribution in [0.2, 0.25) is 0 Å². The monoisotopic (exact) mass is 377 g/mol. The number of carbonyl (C=O) groups excluding carboxylic acids is 3. The van der Waals surface area contributed by atoms with E-state index in [0.717, 1.165) is 5.56 Å². The Kier molecular flexibility index (Phi) is 7.04. The second-order valence-corrected chi connectivity index (χ2v) is 6.32. The molecule has 1 aliphatic rings. The molecule has 8 nitrogen and oxygen atoms in total. The normalized spacial score (nSPS) is 19.0. The van der Waals surface area contributed by atoms with Gasteiger partial charge in [0.05, 0.1) is 26.2 Å². The highest BCUT2D eigenvalue weighted by Crippen LogP contribution is 2.41. The van der Waals surface area contributed by atoms with Crippen molar-refractivity contribution in [3.05, 3.63) is 23.8 Å². The Hall–Kier alpha value is -2.77. The van der Waals surface area contributed by atoms with E-state index in [1.165, 1.54) is 6.92 Å². The number of benzene rings is 1. The van der Waals surface area contributed by atoms with Crippen molar-refractivity contribution in [2.45, 2.75) is 26.3 Å². The molecule has 1 saturated heterocycles. The van der Waals surface area contributed by atoms with Crippen molar-refractivity contribution in [2.24, 2.45) is 5.92 Å². The first kappa shape index (κ1) is 20.5. The van der Waals surface area contributed by atoms with Gasteiger partial charge in [0, 0.05) is 33.0 Å². The summed E-state index contributed by atoms with van der Waals surface area (Å²) in [5.74, 6) is 0.220. The number of likely N-dealkylation sites (tertiary alicyclic amines) is 1. The second-order valence-electron chi connectivity index (χ2n) is 6.32. The van der Waals surface area contributed by atoms with Gasteiger partial charge >= 0.3 is 0 Å². The molecule has 0 saturated carbocycles. The molecule has 0 spiro atoms.